The average molecular weight is 416 g/mol. The predicted octanol–water partition coefficient (Wildman–Crippen LogP) is 5.00. The quantitative estimate of drug-likeness (QED) is 0.477. The molecule has 0 aliphatic heterocycles. The molecule has 0 saturated carbocycles. The first-order valence-electron chi connectivity index (χ1n) is 10.5. The lowest BCUT2D eigenvalue weighted by atomic mass is 10.1. The molecule has 0 aromatic heterocycles. The Kier molecular flexibility index (Phi) is 9.32. The van der Waals surface area contributed by atoms with Crippen molar-refractivity contribution in [3.05, 3.63) is 47.5 Å². The zero-order chi connectivity index (χ0) is 21.9. The van der Waals surface area contributed by atoms with Crippen molar-refractivity contribution in [2.45, 2.75) is 58.5 Å². The molecule has 2 rings (SSSR count). The second-order valence-electron chi connectivity index (χ2n) is 7.43. The lowest BCUT2D eigenvalue weighted by Crippen LogP contribution is -2.30. The number of aromatic hydroxyl groups is 2. The number of carbonyl (C=O) groups excluding carboxylic acids is 1. The molecule has 0 spiro atoms. The normalized spacial score (nSPS) is 10.6. The van der Waals surface area contributed by atoms with E-state index in [1.165, 1.54) is 27.1 Å². The summed E-state index contributed by atoms with van der Waals surface area (Å²) in [4.78, 5) is 14.8. The Bertz CT molecular complexity index is 766. The van der Waals surface area contributed by atoms with Crippen LogP contribution < -0.4 is 9.47 Å². The number of carbonyl (C=O) groups is 1. The maximum absolute atomic E-state index is 13.0. The van der Waals surface area contributed by atoms with E-state index in [4.69, 9.17) is 9.47 Å². The van der Waals surface area contributed by atoms with Crippen LogP contribution in [0.25, 0.3) is 0 Å². The van der Waals surface area contributed by atoms with Gasteiger partial charge in [-0.2, -0.15) is 0 Å². The maximum Gasteiger partial charge on any atom is 0.223 e. The van der Waals surface area contributed by atoms with Gasteiger partial charge < -0.3 is 24.6 Å². The minimum absolute atomic E-state index is 0.0679. The Morgan fingerprint density at radius 3 is 1.80 bits per heavy atom. The third-order valence-electron chi connectivity index (χ3n) is 5.08. The van der Waals surface area contributed by atoms with E-state index in [9.17, 15) is 15.0 Å². The van der Waals surface area contributed by atoms with Gasteiger partial charge in [0.05, 0.1) is 14.2 Å². The number of unbranched alkanes of at least 4 members (excludes halogenated alkanes) is 4. The van der Waals surface area contributed by atoms with Gasteiger partial charge in [0.1, 0.15) is 0 Å². The highest BCUT2D eigenvalue weighted by Crippen LogP contribution is 2.29. The Morgan fingerprint density at radius 2 is 1.33 bits per heavy atom. The fourth-order valence-electron chi connectivity index (χ4n) is 3.35. The number of amides is 1. The lowest BCUT2D eigenvalue weighted by molar-refractivity contribution is -0.132. The highest BCUT2D eigenvalue weighted by Gasteiger charge is 2.16. The molecule has 6 nitrogen and oxygen atoms in total. The molecule has 6 heteroatoms. The number of nitrogens with zero attached hydrogens (tertiary/aromatic N) is 1. The molecule has 0 bridgehead atoms. The summed E-state index contributed by atoms with van der Waals surface area (Å²) in [5.41, 5.74) is 1.74. The second-order valence-corrected chi connectivity index (χ2v) is 7.43. The molecule has 0 fully saturated rings. The molecule has 2 aromatic carbocycles. The van der Waals surface area contributed by atoms with Crippen molar-refractivity contribution in [3.8, 4) is 23.0 Å². The SMILES string of the molecule is CCCCCCCC(=O)N(Cc1ccc(O)c(OC)c1)Cc1ccc(O)c(OC)c1. The van der Waals surface area contributed by atoms with Crippen LogP contribution in [0, 0.1) is 0 Å². The van der Waals surface area contributed by atoms with E-state index in [0.29, 0.717) is 31.0 Å². The van der Waals surface area contributed by atoms with Gasteiger partial charge in [-0.1, -0.05) is 44.7 Å². The maximum atomic E-state index is 13.0. The van der Waals surface area contributed by atoms with Crippen molar-refractivity contribution in [2.75, 3.05) is 14.2 Å². The monoisotopic (exact) mass is 415 g/mol. The highest BCUT2D eigenvalue weighted by atomic mass is 16.5. The first kappa shape index (κ1) is 23.4. The van der Waals surface area contributed by atoms with Gasteiger partial charge in [0.25, 0.3) is 0 Å². The van der Waals surface area contributed by atoms with Crippen molar-refractivity contribution in [1.82, 2.24) is 4.90 Å². The highest BCUT2D eigenvalue weighted by molar-refractivity contribution is 5.76. The van der Waals surface area contributed by atoms with Crippen LogP contribution in [-0.4, -0.2) is 35.2 Å². The summed E-state index contributed by atoms with van der Waals surface area (Å²) < 4.78 is 10.4. The number of benzene rings is 2. The van der Waals surface area contributed by atoms with Gasteiger partial charge >= 0.3 is 0 Å². The van der Waals surface area contributed by atoms with Crippen LogP contribution in [0.5, 0.6) is 23.0 Å². The summed E-state index contributed by atoms with van der Waals surface area (Å²) in [6.45, 7) is 2.96. The fourth-order valence-corrected chi connectivity index (χ4v) is 3.35. The van der Waals surface area contributed by atoms with Crippen LogP contribution in [0.3, 0.4) is 0 Å². The lowest BCUT2D eigenvalue weighted by Gasteiger charge is -2.24. The van der Waals surface area contributed by atoms with Gasteiger partial charge in [-0.25, -0.2) is 0 Å². The number of hydrogen-bond donors (Lipinski definition) is 2. The van der Waals surface area contributed by atoms with Gasteiger partial charge in [0.2, 0.25) is 5.91 Å². The van der Waals surface area contributed by atoms with Gasteiger partial charge in [-0.05, 0) is 41.8 Å². The van der Waals surface area contributed by atoms with Crippen LogP contribution in [0.4, 0.5) is 0 Å². The van der Waals surface area contributed by atoms with E-state index in [2.05, 4.69) is 6.92 Å². The average Bonchev–Trinajstić information content (AvgIpc) is 2.75. The molecular formula is C24H33NO5. The molecule has 2 aromatic rings. The van der Waals surface area contributed by atoms with Crippen molar-refractivity contribution in [3.63, 3.8) is 0 Å². The third kappa shape index (κ3) is 6.87. The third-order valence-corrected chi connectivity index (χ3v) is 5.08. The van der Waals surface area contributed by atoms with Crippen LogP contribution in [0.15, 0.2) is 36.4 Å². The van der Waals surface area contributed by atoms with Crippen molar-refractivity contribution < 1.29 is 24.5 Å². The minimum atomic E-state index is 0.0679. The Labute approximate surface area is 179 Å². The van der Waals surface area contributed by atoms with E-state index < -0.39 is 0 Å². The number of ether oxygens (including phenoxy) is 2. The summed E-state index contributed by atoms with van der Waals surface area (Å²) >= 11 is 0. The van der Waals surface area contributed by atoms with Crippen LogP contribution in [0.1, 0.15) is 56.6 Å². The molecule has 0 aliphatic rings. The molecule has 1 amide bonds. The first-order chi connectivity index (χ1) is 14.5. The Hall–Kier alpha value is -2.89. The van der Waals surface area contributed by atoms with Gasteiger partial charge in [0.15, 0.2) is 23.0 Å². The van der Waals surface area contributed by atoms with Crippen molar-refractivity contribution in [1.29, 1.82) is 0 Å². The Balaban J connectivity index is 2.15. The van der Waals surface area contributed by atoms with E-state index in [-0.39, 0.29) is 17.4 Å². The van der Waals surface area contributed by atoms with Crippen molar-refractivity contribution >= 4 is 5.91 Å². The van der Waals surface area contributed by atoms with Crippen LogP contribution in [-0.2, 0) is 17.9 Å². The molecule has 0 radical (unpaired) electrons. The van der Waals surface area contributed by atoms with E-state index >= 15 is 0 Å². The summed E-state index contributed by atoms with van der Waals surface area (Å²) in [6.07, 6.45) is 5.92. The Morgan fingerprint density at radius 1 is 0.833 bits per heavy atom. The predicted molar refractivity (Wildman–Crippen MR) is 117 cm³/mol. The first-order valence-corrected chi connectivity index (χ1v) is 10.5. The second kappa shape index (κ2) is 12.0. The van der Waals surface area contributed by atoms with E-state index in [0.717, 1.165) is 30.4 Å². The molecule has 0 heterocycles. The van der Waals surface area contributed by atoms with E-state index in [1.54, 1.807) is 41.3 Å². The van der Waals surface area contributed by atoms with Gasteiger partial charge in [-0.3, -0.25) is 4.79 Å². The summed E-state index contributed by atoms with van der Waals surface area (Å²) in [7, 11) is 3.00. The van der Waals surface area contributed by atoms with Gasteiger partial charge in [-0.15, -0.1) is 0 Å². The van der Waals surface area contributed by atoms with Crippen molar-refractivity contribution in [2.24, 2.45) is 0 Å². The standard InChI is InChI=1S/C24H33NO5/c1-4-5-6-7-8-9-24(28)25(16-18-10-12-20(26)22(14-18)29-2)17-19-11-13-21(27)23(15-19)30-3/h10-15,26-27H,4-9,16-17H2,1-3H3. The zero-order valence-corrected chi connectivity index (χ0v) is 18.2. The summed E-state index contributed by atoms with van der Waals surface area (Å²) in [5, 5.41) is 19.7. The molecular weight excluding hydrogens is 382 g/mol. The largest absolute Gasteiger partial charge is 0.504 e. The fraction of sp³-hybridized carbons (Fsp3) is 0.458. The molecule has 30 heavy (non-hydrogen) atoms. The molecule has 0 unspecified atom stereocenters. The molecule has 0 atom stereocenters. The van der Waals surface area contributed by atoms with E-state index in [1.807, 2.05) is 0 Å². The number of methoxy groups -OCH3 is 2. The number of hydrogen-bond acceptors (Lipinski definition) is 5. The summed E-state index contributed by atoms with van der Waals surface area (Å²) in [6, 6.07) is 10.2. The minimum Gasteiger partial charge on any atom is -0.504 e. The van der Waals surface area contributed by atoms with Crippen LogP contribution >= 0.6 is 0 Å². The molecule has 0 saturated heterocycles. The smallest absolute Gasteiger partial charge is 0.223 e. The number of phenols is 2. The molecule has 2 N–H and O–H groups in total. The van der Waals surface area contributed by atoms with Crippen LogP contribution in [0.2, 0.25) is 0 Å². The zero-order valence-electron chi connectivity index (χ0n) is 18.2. The molecule has 164 valence electrons. The summed E-state index contributed by atoms with van der Waals surface area (Å²) in [5.74, 6) is 0.971. The number of rotatable bonds is 12. The molecule has 0 aliphatic carbocycles. The topological polar surface area (TPSA) is 79.2 Å². The number of phenolic OH excluding ortho intramolecular Hbond substituents is 2. The van der Waals surface area contributed by atoms with Gasteiger partial charge in [0, 0.05) is 19.5 Å².